The van der Waals surface area contributed by atoms with Crippen LogP contribution in [0.5, 0.6) is 5.75 Å². The summed E-state index contributed by atoms with van der Waals surface area (Å²) in [6.45, 7) is 5.21. The molecule has 0 amide bonds. The molecule has 1 saturated carbocycles. The Balaban J connectivity index is 1.53. The molecule has 0 saturated heterocycles. The maximum Gasteiger partial charge on any atom is 0.140 e. The average molecular weight is 379 g/mol. The molecule has 1 fully saturated rings. The van der Waals surface area contributed by atoms with E-state index in [1.807, 2.05) is 0 Å². The van der Waals surface area contributed by atoms with E-state index in [1.54, 1.807) is 0 Å². The minimum atomic E-state index is 0.0957. The Kier molecular flexibility index (Phi) is 7.71. The highest BCUT2D eigenvalue weighted by molar-refractivity contribution is 5.86. The van der Waals surface area contributed by atoms with E-state index < -0.39 is 0 Å². The lowest BCUT2D eigenvalue weighted by atomic mass is 9.78. The summed E-state index contributed by atoms with van der Waals surface area (Å²) in [6, 6.07) is 16.9. The highest BCUT2D eigenvalue weighted by Gasteiger charge is 2.27. The molecule has 1 aliphatic carbocycles. The Morgan fingerprint density at radius 3 is 2.14 bits per heavy atom. The van der Waals surface area contributed by atoms with Gasteiger partial charge in [0.1, 0.15) is 11.5 Å². The van der Waals surface area contributed by atoms with Crippen molar-refractivity contribution in [3.8, 4) is 16.9 Å². The lowest BCUT2D eigenvalue weighted by Gasteiger charge is -2.25. The van der Waals surface area contributed by atoms with E-state index in [1.165, 1.54) is 42.4 Å². The van der Waals surface area contributed by atoms with Crippen LogP contribution >= 0.6 is 0 Å². The predicted molar refractivity (Wildman–Crippen MR) is 117 cm³/mol. The predicted octanol–water partition coefficient (Wildman–Crippen LogP) is 7.18. The third-order valence-corrected chi connectivity index (χ3v) is 5.90. The number of rotatable bonds is 9. The van der Waals surface area contributed by atoms with Crippen LogP contribution in [-0.2, 0) is 4.79 Å². The fraction of sp³-hybridized carbons (Fsp3) is 0.500. The summed E-state index contributed by atoms with van der Waals surface area (Å²) >= 11 is 0. The van der Waals surface area contributed by atoms with Crippen molar-refractivity contribution in [2.45, 2.75) is 71.1 Å². The van der Waals surface area contributed by atoms with Crippen molar-refractivity contribution in [2.75, 3.05) is 6.61 Å². The lowest BCUT2D eigenvalue weighted by molar-refractivity contribution is -0.123. The van der Waals surface area contributed by atoms with Gasteiger partial charge in [0.05, 0.1) is 6.61 Å². The molecule has 150 valence electrons. The molecule has 0 spiro atoms. The van der Waals surface area contributed by atoms with Gasteiger partial charge in [0, 0.05) is 12.3 Å². The Labute approximate surface area is 170 Å². The van der Waals surface area contributed by atoms with Gasteiger partial charge in [0.15, 0.2) is 0 Å². The van der Waals surface area contributed by atoms with Gasteiger partial charge in [-0.3, -0.25) is 4.79 Å². The van der Waals surface area contributed by atoms with Gasteiger partial charge in [0.25, 0.3) is 0 Å². The average Bonchev–Trinajstić information content (AvgIpc) is 2.71. The summed E-state index contributed by atoms with van der Waals surface area (Å²) in [5.74, 6) is 1.99. The Morgan fingerprint density at radius 1 is 0.857 bits per heavy atom. The van der Waals surface area contributed by atoms with Crippen LogP contribution in [0, 0.1) is 5.92 Å². The normalized spacial score (nSPS) is 19.6. The van der Waals surface area contributed by atoms with Gasteiger partial charge in [-0.2, -0.15) is 0 Å². The van der Waals surface area contributed by atoms with E-state index in [4.69, 9.17) is 4.74 Å². The van der Waals surface area contributed by atoms with Gasteiger partial charge >= 0.3 is 0 Å². The molecule has 0 heterocycles. The first kappa shape index (κ1) is 20.6. The van der Waals surface area contributed by atoms with Crippen molar-refractivity contribution in [2.24, 2.45) is 5.92 Å². The smallest absolute Gasteiger partial charge is 0.140 e. The first-order chi connectivity index (χ1) is 13.7. The van der Waals surface area contributed by atoms with Crippen molar-refractivity contribution < 1.29 is 9.53 Å². The van der Waals surface area contributed by atoms with E-state index in [0.717, 1.165) is 38.0 Å². The molecule has 0 aliphatic heterocycles. The van der Waals surface area contributed by atoms with Gasteiger partial charge in [0.2, 0.25) is 0 Å². The molecule has 0 bridgehead atoms. The molecule has 0 radical (unpaired) electrons. The minimum absolute atomic E-state index is 0.0957. The van der Waals surface area contributed by atoms with Crippen LogP contribution in [0.15, 0.2) is 48.5 Å². The molecule has 0 N–H and O–H groups in total. The second kappa shape index (κ2) is 10.5. The van der Waals surface area contributed by atoms with Crippen LogP contribution in [0.2, 0.25) is 0 Å². The highest BCUT2D eigenvalue weighted by Crippen LogP contribution is 2.34. The first-order valence-electron chi connectivity index (χ1n) is 11.0. The molecule has 3 rings (SSSR count). The van der Waals surface area contributed by atoms with Gasteiger partial charge < -0.3 is 4.74 Å². The number of carbonyl (C=O) groups excluding carboxylic acids is 1. The third-order valence-electron chi connectivity index (χ3n) is 5.90. The summed E-state index contributed by atoms with van der Waals surface area (Å²) in [6.07, 6.45) is 9.15. The zero-order valence-corrected chi connectivity index (χ0v) is 17.5. The van der Waals surface area contributed by atoms with Crippen molar-refractivity contribution in [1.82, 2.24) is 0 Å². The zero-order chi connectivity index (χ0) is 19.8. The molecule has 1 aliphatic rings. The summed E-state index contributed by atoms with van der Waals surface area (Å²) < 4.78 is 5.86. The van der Waals surface area contributed by atoms with Crippen LogP contribution in [0.4, 0.5) is 0 Å². The topological polar surface area (TPSA) is 26.3 Å². The van der Waals surface area contributed by atoms with Crippen molar-refractivity contribution >= 4 is 5.78 Å². The molecular formula is C26H34O2. The Bertz CT molecular complexity index is 730. The van der Waals surface area contributed by atoms with E-state index >= 15 is 0 Å². The van der Waals surface area contributed by atoms with Crippen molar-refractivity contribution in [1.29, 1.82) is 0 Å². The molecule has 2 aromatic carbocycles. The van der Waals surface area contributed by atoms with E-state index in [-0.39, 0.29) is 5.92 Å². The summed E-state index contributed by atoms with van der Waals surface area (Å²) in [7, 11) is 0. The van der Waals surface area contributed by atoms with Gasteiger partial charge in [-0.15, -0.1) is 0 Å². The fourth-order valence-corrected chi connectivity index (χ4v) is 4.10. The fourth-order valence-electron chi connectivity index (χ4n) is 4.10. The first-order valence-corrected chi connectivity index (χ1v) is 11.0. The Hall–Kier alpha value is -2.09. The van der Waals surface area contributed by atoms with Gasteiger partial charge in [-0.05, 0) is 54.0 Å². The second-order valence-electron chi connectivity index (χ2n) is 8.31. The summed E-state index contributed by atoms with van der Waals surface area (Å²) in [5, 5.41) is 0. The van der Waals surface area contributed by atoms with Crippen LogP contribution in [0.1, 0.15) is 76.7 Å². The Morgan fingerprint density at radius 2 is 1.50 bits per heavy atom. The quantitative estimate of drug-likeness (QED) is 0.432. The molecule has 0 unspecified atom stereocenters. The maximum absolute atomic E-state index is 12.3. The number of unbranched alkanes of at least 4 members (excludes halogenated alkanes) is 4. The molecule has 2 nitrogen and oxygen atoms in total. The van der Waals surface area contributed by atoms with Crippen molar-refractivity contribution in [3.63, 3.8) is 0 Å². The van der Waals surface area contributed by atoms with Gasteiger partial charge in [-0.1, -0.05) is 75.9 Å². The molecule has 0 aromatic heterocycles. The van der Waals surface area contributed by atoms with E-state index in [9.17, 15) is 4.79 Å². The monoisotopic (exact) mass is 378 g/mol. The van der Waals surface area contributed by atoms with E-state index in [0.29, 0.717) is 11.7 Å². The molecule has 2 aromatic rings. The number of ether oxygens (including phenoxy) is 1. The maximum atomic E-state index is 12.3. The lowest BCUT2D eigenvalue weighted by Crippen LogP contribution is -2.21. The molecule has 28 heavy (non-hydrogen) atoms. The van der Waals surface area contributed by atoms with Crippen LogP contribution in [-0.4, -0.2) is 12.4 Å². The number of benzene rings is 2. The van der Waals surface area contributed by atoms with Crippen LogP contribution in [0.3, 0.4) is 0 Å². The standard InChI is InChI=1S/C26H34O2/c1-3-4-5-6-7-18-28-24-15-13-22(14-16-24)21-9-11-23(12-10-21)25-17-8-20(2)19-26(25)27/h9-16,20,25H,3-8,17-19H2,1-2H3/t20-,25+/m0/s1. The molecule has 2 atom stereocenters. The summed E-state index contributed by atoms with van der Waals surface area (Å²) in [5.41, 5.74) is 3.54. The van der Waals surface area contributed by atoms with Crippen LogP contribution in [0.25, 0.3) is 11.1 Å². The summed E-state index contributed by atoms with van der Waals surface area (Å²) in [4.78, 5) is 12.3. The highest BCUT2D eigenvalue weighted by atomic mass is 16.5. The minimum Gasteiger partial charge on any atom is -0.494 e. The number of ketones is 1. The van der Waals surface area contributed by atoms with Crippen LogP contribution < -0.4 is 4.74 Å². The SMILES string of the molecule is CCCCCCCOc1ccc(-c2ccc([C@H]3CC[C@H](C)CC3=O)cc2)cc1. The number of hydrogen-bond donors (Lipinski definition) is 0. The number of carbonyl (C=O) groups is 1. The van der Waals surface area contributed by atoms with E-state index in [2.05, 4.69) is 62.4 Å². The number of Topliss-reactive ketones (excluding diaryl/α,β-unsaturated/α-hetero) is 1. The zero-order valence-electron chi connectivity index (χ0n) is 17.5. The molecular weight excluding hydrogens is 344 g/mol. The van der Waals surface area contributed by atoms with Crippen molar-refractivity contribution in [3.05, 3.63) is 54.1 Å². The molecule has 2 heteroatoms. The largest absolute Gasteiger partial charge is 0.494 e. The third kappa shape index (κ3) is 5.70. The van der Waals surface area contributed by atoms with Gasteiger partial charge in [-0.25, -0.2) is 0 Å². The second-order valence-corrected chi connectivity index (χ2v) is 8.31. The number of hydrogen-bond acceptors (Lipinski definition) is 2.